The zero-order valence-corrected chi connectivity index (χ0v) is 21.1. The molecule has 11 heteroatoms. The fraction of sp³-hybridized carbons (Fsp3) is 0.769. The average molecular weight is 537 g/mol. The highest BCUT2D eigenvalue weighted by molar-refractivity contribution is 6.01. The molecule has 3 saturated carbocycles. The van der Waals surface area contributed by atoms with Gasteiger partial charge in [-0.15, -0.1) is 0 Å². The Morgan fingerprint density at radius 2 is 1.81 bits per heavy atom. The minimum absolute atomic E-state index is 0.125. The Bertz CT molecular complexity index is 1020. The Morgan fingerprint density at radius 3 is 2.38 bits per heavy atom. The van der Waals surface area contributed by atoms with Gasteiger partial charge in [0.15, 0.2) is 29.6 Å². The lowest BCUT2D eigenvalue weighted by atomic mass is 9.46. The molecule has 0 amide bonds. The molecule has 1 heterocycles. The molecule has 5 aliphatic rings. The molecule has 1 saturated heterocycles. The van der Waals surface area contributed by atoms with Gasteiger partial charge in [-0.05, 0) is 62.7 Å². The summed E-state index contributed by atoms with van der Waals surface area (Å²) in [6.45, 7) is 4.42. The van der Waals surface area contributed by atoms with Gasteiger partial charge in [0.1, 0.15) is 12.8 Å². The van der Waals surface area contributed by atoms with Crippen molar-refractivity contribution >= 4 is 11.6 Å². The van der Waals surface area contributed by atoms with E-state index in [0.717, 1.165) is 0 Å². The van der Waals surface area contributed by atoms with Gasteiger partial charge in [0, 0.05) is 16.7 Å². The van der Waals surface area contributed by atoms with E-state index in [2.05, 4.69) is 0 Å². The summed E-state index contributed by atoms with van der Waals surface area (Å²) >= 11 is 0. The molecule has 4 fully saturated rings. The lowest BCUT2D eigenvalue weighted by molar-refractivity contribution is -0.226. The van der Waals surface area contributed by atoms with Gasteiger partial charge >= 0.3 is 6.18 Å². The van der Waals surface area contributed by atoms with E-state index >= 15 is 4.39 Å². The fourth-order valence-electron chi connectivity index (χ4n) is 8.05. The van der Waals surface area contributed by atoms with Crippen molar-refractivity contribution in [3.05, 3.63) is 23.8 Å². The van der Waals surface area contributed by atoms with Crippen LogP contribution in [0.5, 0.6) is 0 Å². The van der Waals surface area contributed by atoms with Gasteiger partial charge in [0.2, 0.25) is 0 Å². The standard InChI is InChI=1S/C24H31FO6.C2H2F4/c1-21(2)30-19-9-14-13-8-16(25)15-7-12(27)5-6-22(15,3)20(13)17(28)10-23(14,4)24(19,31-21)18(29)11-26;3-1-2(4,5)6/h5-7,13-14,16-17,19-20,26,28H,8-11H2,1-4H3;1H2/t13-,14-,16-,17-,19+,20+,22-,23-,24+;/m0./s1. The number of alkyl halides is 5. The Morgan fingerprint density at radius 1 is 1.19 bits per heavy atom. The van der Waals surface area contributed by atoms with Gasteiger partial charge in [-0.3, -0.25) is 9.59 Å². The number of aliphatic hydroxyl groups is 2. The number of hydrogen-bond donors (Lipinski definition) is 2. The van der Waals surface area contributed by atoms with Crippen molar-refractivity contribution in [2.45, 2.75) is 82.9 Å². The first-order valence-corrected chi connectivity index (χ1v) is 12.4. The first kappa shape index (κ1) is 28.3. The maximum absolute atomic E-state index is 15.4. The minimum Gasteiger partial charge on any atom is -0.393 e. The molecule has 208 valence electrons. The second-order valence-corrected chi connectivity index (χ2v) is 11.7. The van der Waals surface area contributed by atoms with E-state index in [-0.39, 0.29) is 36.4 Å². The predicted molar refractivity (Wildman–Crippen MR) is 121 cm³/mol. The molecule has 0 radical (unpaired) electrons. The number of ether oxygens (including phenoxy) is 2. The third kappa shape index (κ3) is 4.20. The molecule has 6 nitrogen and oxygen atoms in total. The monoisotopic (exact) mass is 536 g/mol. The van der Waals surface area contributed by atoms with E-state index in [1.54, 1.807) is 19.9 Å². The van der Waals surface area contributed by atoms with Crippen molar-refractivity contribution in [2.24, 2.45) is 28.6 Å². The van der Waals surface area contributed by atoms with Crippen LogP contribution in [0.2, 0.25) is 0 Å². The van der Waals surface area contributed by atoms with Gasteiger partial charge in [0.05, 0.1) is 12.2 Å². The van der Waals surface area contributed by atoms with E-state index < -0.39 is 65.8 Å². The minimum atomic E-state index is -4.62. The van der Waals surface area contributed by atoms with E-state index in [4.69, 9.17) is 9.47 Å². The lowest BCUT2D eigenvalue weighted by Gasteiger charge is -2.60. The third-order valence-corrected chi connectivity index (χ3v) is 9.18. The molecule has 9 atom stereocenters. The van der Waals surface area contributed by atoms with Gasteiger partial charge in [-0.25, -0.2) is 8.78 Å². The highest BCUT2D eigenvalue weighted by Gasteiger charge is 2.77. The number of halogens is 5. The second-order valence-electron chi connectivity index (χ2n) is 11.7. The molecule has 0 aromatic heterocycles. The average Bonchev–Trinajstić information content (AvgIpc) is 3.20. The van der Waals surface area contributed by atoms with Crippen LogP contribution in [0.4, 0.5) is 22.0 Å². The number of carbonyl (C=O) groups excluding carboxylic acids is 2. The van der Waals surface area contributed by atoms with Gasteiger partial charge in [0.25, 0.3) is 0 Å². The van der Waals surface area contributed by atoms with Crippen LogP contribution >= 0.6 is 0 Å². The van der Waals surface area contributed by atoms with Crippen molar-refractivity contribution < 1.29 is 51.2 Å². The number of ketones is 2. The summed E-state index contributed by atoms with van der Waals surface area (Å²) in [6.07, 6.45) is -1.73. The molecule has 37 heavy (non-hydrogen) atoms. The number of allylic oxidation sites excluding steroid dienone is 4. The van der Waals surface area contributed by atoms with E-state index in [1.165, 1.54) is 12.2 Å². The quantitative estimate of drug-likeness (QED) is 0.522. The first-order chi connectivity index (χ1) is 17.0. The number of fused-ring (bicyclic) bond motifs is 7. The summed E-state index contributed by atoms with van der Waals surface area (Å²) in [4.78, 5) is 25.1. The highest BCUT2D eigenvalue weighted by Crippen LogP contribution is 2.70. The highest BCUT2D eigenvalue weighted by atomic mass is 19.4. The third-order valence-electron chi connectivity index (χ3n) is 9.18. The Balaban J connectivity index is 0.000000480. The molecule has 0 unspecified atom stereocenters. The smallest absolute Gasteiger partial charge is 0.393 e. The molecule has 2 N–H and O–H groups in total. The van der Waals surface area contributed by atoms with E-state index in [1.807, 2.05) is 13.8 Å². The Labute approximate surface area is 211 Å². The van der Waals surface area contributed by atoms with Crippen molar-refractivity contribution in [3.63, 3.8) is 0 Å². The zero-order chi connectivity index (χ0) is 27.8. The zero-order valence-electron chi connectivity index (χ0n) is 21.1. The topological polar surface area (TPSA) is 93.1 Å². The van der Waals surface area contributed by atoms with Crippen LogP contribution in [0.25, 0.3) is 0 Å². The van der Waals surface area contributed by atoms with Gasteiger partial charge in [-0.1, -0.05) is 19.9 Å². The lowest BCUT2D eigenvalue weighted by Crippen LogP contribution is -2.64. The summed E-state index contributed by atoms with van der Waals surface area (Å²) in [5.41, 5.74) is -2.50. The van der Waals surface area contributed by atoms with Crippen LogP contribution in [-0.2, 0) is 19.1 Å². The number of rotatable bonds is 2. The normalized spacial score (nSPS) is 45.6. The van der Waals surface area contributed by atoms with Crippen LogP contribution in [0.1, 0.15) is 47.0 Å². The van der Waals surface area contributed by atoms with Gasteiger partial charge < -0.3 is 19.7 Å². The predicted octanol–water partition coefficient (Wildman–Crippen LogP) is 3.79. The molecule has 4 aliphatic carbocycles. The molecule has 0 spiro atoms. The van der Waals surface area contributed by atoms with Crippen molar-refractivity contribution in [2.75, 3.05) is 13.3 Å². The molecule has 5 rings (SSSR count). The van der Waals surface area contributed by atoms with Crippen molar-refractivity contribution in [1.29, 1.82) is 0 Å². The van der Waals surface area contributed by atoms with Crippen molar-refractivity contribution in [1.82, 2.24) is 0 Å². The maximum Gasteiger partial charge on any atom is 0.416 e. The molecule has 0 aromatic carbocycles. The summed E-state index contributed by atoms with van der Waals surface area (Å²) in [7, 11) is 0. The van der Waals surface area contributed by atoms with Gasteiger partial charge in [-0.2, -0.15) is 13.2 Å². The number of carbonyl (C=O) groups is 2. The molecule has 0 bridgehead atoms. The molecular weight excluding hydrogens is 503 g/mol. The fourth-order valence-corrected chi connectivity index (χ4v) is 8.05. The summed E-state index contributed by atoms with van der Waals surface area (Å²) in [5, 5.41) is 21.3. The van der Waals surface area contributed by atoms with Crippen LogP contribution < -0.4 is 0 Å². The van der Waals surface area contributed by atoms with Crippen molar-refractivity contribution in [3.8, 4) is 0 Å². The molecule has 0 aromatic rings. The number of aliphatic hydroxyl groups excluding tert-OH is 2. The molecule has 1 aliphatic heterocycles. The van der Waals surface area contributed by atoms with Crippen LogP contribution in [0.15, 0.2) is 23.8 Å². The summed E-state index contributed by atoms with van der Waals surface area (Å²) < 4.78 is 69.5. The van der Waals surface area contributed by atoms with Crippen LogP contribution in [0.3, 0.4) is 0 Å². The molecular formula is C26H33F5O6. The van der Waals surface area contributed by atoms with E-state index in [9.17, 15) is 37.4 Å². The Kier molecular flexibility index (Phi) is 6.83. The first-order valence-electron chi connectivity index (χ1n) is 12.4. The van der Waals surface area contributed by atoms with Crippen LogP contribution in [0, 0.1) is 28.6 Å². The number of Topliss-reactive ketones (excluding diaryl/α,β-unsaturated/α-hetero) is 1. The summed E-state index contributed by atoms with van der Waals surface area (Å²) in [5.74, 6) is -2.28. The van der Waals surface area contributed by atoms with Crippen LogP contribution in [-0.4, -0.2) is 71.0 Å². The SMILES string of the molecule is CC1(C)O[C@@H]2C[C@H]3[C@@H]4C[C@H](F)C5=CC(=O)C=C[C@]5(C)[C@H]4[C@@H](O)C[C@]3(C)[C@]2(C(=O)CO)O1.FCC(F)(F)F. The number of hydrogen-bond acceptors (Lipinski definition) is 6. The summed E-state index contributed by atoms with van der Waals surface area (Å²) in [6, 6.07) is 0. The Hall–Kier alpha value is -1.69. The van der Waals surface area contributed by atoms with E-state index in [0.29, 0.717) is 12.0 Å². The largest absolute Gasteiger partial charge is 0.416 e. The maximum atomic E-state index is 15.4. The second kappa shape index (κ2) is 8.93.